The second-order valence-corrected chi connectivity index (χ2v) is 12.7. The van der Waals surface area contributed by atoms with Gasteiger partial charge in [-0.1, -0.05) is 39.3 Å². The van der Waals surface area contributed by atoms with Crippen LogP contribution in [0.15, 0.2) is 12.1 Å². The van der Waals surface area contributed by atoms with Crippen LogP contribution in [0.25, 0.3) is 0 Å². The van der Waals surface area contributed by atoms with Crippen molar-refractivity contribution >= 4 is 31.5 Å². The highest BCUT2D eigenvalue weighted by molar-refractivity contribution is 6.74. The molecule has 1 N–H and O–H groups in total. The van der Waals surface area contributed by atoms with Gasteiger partial charge in [-0.2, -0.15) is 0 Å². The Morgan fingerprint density at radius 2 is 1.92 bits per heavy atom. The molecule has 1 amide bonds. The van der Waals surface area contributed by atoms with Gasteiger partial charge in [-0.25, -0.2) is 0 Å². The molecular formula is C18H30ClNO3Si. The predicted octanol–water partition coefficient (Wildman–Crippen LogP) is 5.61. The highest BCUT2D eigenvalue weighted by atomic mass is 35.5. The summed E-state index contributed by atoms with van der Waals surface area (Å²) in [5.41, 5.74) is 1.46. The van der Waals surface area contributed by atoms with E-state index in [1.165, 1.54) is 0 Å². The summed E-state index contributed by atoms with van der Waals surface area (Å²) in [4.78, 5) is 11.8. The van der Waals surface area contributed by atoms with Crippen LogP contribution in [0, 0.1) is 0 Å². The van der Waals surface area contributed by atoms with Crippen LogP contribution in [0.3, 0.4) is 0 Å². The number of anilines is 1. The first-order chi connectivity index (χ1) is 11.0. The molecule has 0 aliphatic heterocycles. The van der Waals surface area contributed by atoms with Crippen LogP contribution >= 0.6 is 11.6 Å². The molecule has 24 heavy (non-hydrogen) atoms. The SMILES string of the molecule is CCCC(=O)Nc1cc(OC)c(CO[Si](C)(C)C(C)(C)C)cc1Cl. The van der Waals surface area contributed by atoms with Crippen LogP contribution in [-0.2, 0) is 15.8 Å². The lowest BCUT2D eigenvalue weighted by Gasteiger charge is -2.36. The van der Waals surface area contributed by atoms with Crippen molar-refractivity contribution < 1.29 is 14.0 Å². The zero-order valence-electron chi connectivity index (χ0n) is 15.9. The Morgan fingerprint density at radius 3 is 2.42 bits per heavy atom. The molecule has 0 saturated heterocycles. The van der Waals surface area contributed by atoms with Crippen molar-refractivity contribution in [2.24, 2.45) is 0 Å². The molecule has 0 bridgehead atoms. The largest absolute Gasteiger partial charge is 0.496 e. The molecule has 0 saturated carbocycles. The minimum absolute atomic E-state index is 0.0493. The zero-order valence-corrected chi connectivity index (χ0v) is 17.6. The monoisotopic (exact) mass is 371 g/mol. The maximum absolute atomic E-state index is 11.8. The molecule has 136 valence electrons. The lowest BCUT2D eigenvalue weighted by Crippen LogP contribution is -2.40. The maximum atomic E-state index is 11.8. The summed E-state index contributed by atoms with van der Waals surface area (Å²) in [5.74, 6) is 0.622. The maximum Gasteiger partial charge on any atom is 0.224 e. The van der Waals surface area contributed by atoms with E-state index >= 15 is 0 Å². The predicted molar refractivity (Wildman–Crippen MR) is 104 cm³/mol. The van der Waals surface area contributed by atoms with Crippen LogP contribution in [0.2, 0.25) is 23.2 Å². The van der Waals surface area contributed by atoms with E-state index in [2.05, 4.69) is 39.2 Å². The van der Waals surface area contributed by atoms with Gasteiger partial charge in [0.15, 0.2) is 8.32 Å². The van der Waals surface area contributed by atoms with Gasteiger partial charge < -0.3 is 14.5 Å². The first kappa shape index (κ1) is 21.0. The second kappa shape index (κ2) is 8.36. The smallest absolute Gasteiger partial charge is 0.224 e. The summed E-state index contributed by atoms with van der Waals surface area (Å²) in [6, 6.07) is 3.58. The minimum Gasteiger partial charge on any atom is -0.496 e. The number of methoxy groups -OCH3 is 1. The number of benzene rings is 1. The molecular weight excluding hydrogens is 342 g/mol. The Balaban J connectivity index is 2.97. The highest BCUT2D eigenvalue weighted by Gasteiger charge is 2.37. The van der Waals surface area contributed by atoms with Crippen molar-refractivity contribution in [3.8, 4) is 5.75 Å². The fourth-order valence-corrected chi connectivity index (χ4v) is 3.09. The fraction of sp³-hybridized carbons (Fsp3) is 0.611. The average Bonchev–Trinajstić information content (AvgIpc) is 2.46. The van der Waals surface area contributed by atoms with Crippen LogP contribution in [0.4, 0.5) is 5.69 Å². The van der Waals surface area contributed by atoms with E-state index in [1.807, 2.05) is 13.0 Å². The van der Waals surface area contributed by atoms with Gasteiger partial charge in [0.1, 0.15) is 5.75 Å². The Morgan fingerprint density at radius 1 is 1.29 bits per heavy atom. The van der Waals surface area contributed by atoms with Gasteiger partial charge in [0.2, 0.25) is 5.91 Å². The summed E-state index contributed by atoms with van der Waals surface area (Å²) in [7, 11) is -0.252. The molecule has 4 nitrogen and oxygen atoms in total. The molecule has 0 aromatic heterocycles. The first-order valence-electron chi connectivity index (χ1n) is 8.32. The number of carbonyl (C=O) groups excluding carboxylic acids is 1. The van der Waals surface area contributed by atoms with Gasteiger partial charge in [0, 0.05) is 18.1 Å². The number of carbonyl (C=O) groups is 1. The Bertz CT molecular complexity index is 582. The summed E-state index contributed by atoms with van der Waals surface area (Å²) < 4.78 is 11.7. The Kier molecular flexibility index (Phi) is 7.32. The van der Waals surface area contributed by atoms with Crippen LogP contribution < -0.4 is 10.1 Å². The van der Waals surface area contributed by atoms with Crippen LogP contribution in [0.5, 0.6) is 5.75 Å². The lowest BCUT2D eigenvalue weighted by molar-refractivity contribution is -0.116. The van der Waals surface area contributed by atoms with E-state index in [1.54, 1.807) is 13.2 Å². The number of nitrogens with one attached hydrogen (secondary N) is 1. The normalized spacial score (nSPS) is 12.2. The molecule has 1 aromatic carbocycles. The van der Waals surface area contributed by atoms with E-state index < -0.39 is 8.32 Å². The molecule has 0 atom stereocenters. The Hall–Kier alpha value is -1.04. The number of amides is 1. The van der Waals surface area contributed by atoms with Crippen molar-refractivity contribution in [3.63, 3.8) is 0 Å². The topological polar surface area (TPSA) is 47.6 Å². The summed E-state index contributed by atoms with van der Waals surface area (Å²) in [6.45, 7) is 13.4. The third-order valence-corrected chi connectivity index (χ3v) is 9.31. The molecule has 0 aliphatic carbocycles. The van der Waals surface area contributed by atoms with Crippen molar-refractivity contribution in [3.05, 3.63) is 22.7 Å². The molecule has 0 unspecified atom stereocenters. The molecule has 6 heteroatoms. The summed E-state index contributed by atoms with van der Waals surface area (Å²) in [5, 5.41) is 3.46. The van der Waals surface area contributed by atoms with E-state index in [9.17, 15) is 4.79 Å². The third-order valence-electron chi connectivity index (χ3n) is 4.52. The van der Waals surface area contributed by atoms with E-state index in [-0.39, 0.29) is 10.9 Å². The van der Waals surface area contributed by atoms with E-state index in [0.29, 0.717) is 29.5 Å². The summed E-state index contributed by atoms with van der Waals surface area (Å²) in [6.07, 6.45) is 1.26. The zero-order chi connectivity index (χ0) is 18.5. The van der Waals surface area contributed by atoms with Crippen molar-refractivity contribution in [1.29, 1.82) is 0 Å². The average molecular weight is 372 g/mol. The number of ether oxygens (including phenoxy) is 1. The molecule has 1 rings (SSSR count). The van der Waals surface area contributed by atoms with Crippen molar-refractivity contribution in [1.82, 2.24) is 0 Å². The standard InChI is InChI=1S/C18H30ClNO3Si/c1-8-9-17(21)20-15-11-16(22-5)13(10-14(15)19)12-23-24(6,7)18(2,3)4/h10-11H,8-9,12H2,1-7H3,(H,20,21). The van der Waals surface area contributed by atoms with Crippen molar-refractivity contribution in [2.45, 2.75) is 65.3 Å². The number of hydrogen-bond acceptors (Lipinski definition) is 3. The van der Waals surface area contributed by atoms with Gasteiger partial charge in [-0.05, 0) is 30.6 Å². The van der Waals surface area contributed by atoms with Gasteiger partial charge in [-0.3, -0.25) is 4.79 Å². The molecule has 1 aromatic rings. The highest BCUT2D eigenvalue weighted by Crippen LogP contribution is 2.38. The molecule has 0 aliphatic rings. The van der Waals surface area contributed by atoms with Gasteiger partial charge in [0.05, 0.1) is 24.4 Å². The summed E-state index contributed by atoms with van der Waals surface area (Å²) >= 11 is 6.33. The number of rotatable bonds is 7. The second-order valence-electron chi connectivity index (χ2n) is 7.49. The number of halogens is 1. The molecule has 0 fully saturated rings. The molecule has 0 heterocycles. The quantitative estimate of drug-likeness (QED) is 0.633. The minimum atomic E-state index is -1.86. The van der Waals surface area contributed by atoms with E-state index in [0.717, 1.165) is 12.0 Å². The number of hydrogen-bond donors (Lipinski definition) is 1. The van der Waals surface area contributed by atoms with Crippen LogP contribution in [0.1, 0.15) is 46.1 Å². The fourth-order valence-electron chi connectivity index (χ4n) is 1.91. The first-order valence-corrected chi connectivity index (χ1v) is 11.6. The van der Waals surface area contributed by atoms with E-state index in [4.69, 9.17) is 20.8 Å². The van der Waals surface area contributed by atoms with Gasteiger partial charge >= 0.3 is 0 Å². The van der Waals surface area contributed by atoms with Crippen molar-refractivity contribution in [2.75, 3.05) is 12.4 Å². The third kappa shape index (κ3) is 5.50. The molecule has 0 radical (unpaired) electrons. The lowest BCUT2D eigenvalue weighted by atomic mass is 10.2. The molecule has 0 spiro atoms. The van der Waals surface area contributed by atoms with Gasteiger partial charge in [-0.15, -0.1) is 0 Å². The Labute approximate surface area is 152 Å². The van der Waals surface area contributed by atoms with Gasteiger partial charge in [0.25, 0.3) is 0 Å². The van der Waals surface area contributed by atoms with Crippen LogP contribution in [-0.4, -0.2) is 21.3 Å².